The second-order valence-electron chi connectivity index (χ2n) is 7.89. The average molecular weight is 462 g/mol. The molecule has 5 rings (SSSR count). The Morgan fingerprint density at radius 1 is 1.15 bits per heavy atom. The Hall–Kier alpha value is -3.59. The van der Waals surface area contributed by atoms with Crippen molar-refractivity contribution in [2.75, 3.05) is 12.9 Å². The predicted molar refractivity (Wildman–Crippen MR) is 126 cm³/mol. The number of aliphatic hydroxyl groups excluding tert-OH is 1. The molecule has 33 heavy (non-hydrogen) atoms. The molecule has 4 aromatic rings. The molecule has 9 heteroatoms. The van der Waals surface area contributed by atoms with Crippen LogP contribution in [0.15, 0.2) is 65.5 Å². The fourth-order valence-corrected chi connectivity index (χ4v) is 4.52. The van der Waals surface area contributed by atoms with Crippen molar-refractivity contribution in [2.24, 2.45) is 0 Å². The lowest BCUT2D eigenvalue weighted by Crippen LogP contribution is -2.10. The summed E-state index contributed by atoms with van der Waals surface area (Å²) >= 11 is 1.33. The minimum absolute atomic E-state index is 0.0118. The zero-order valence-corrected chi connectivity index (χ0v) is 18.9. The first-order valence-corrected chi connectivity index (χ1v) is 11.7. The number of benzene rings is 2. The highest BCUT2D eigenvalue weighted by atomic mass is 32.2. The van der Waals surface area contributed by atoms with E-state index in [2.05, 4.69) is 36.9 Å². The van der Waals surface area contributed by atoms with E-state index in [9.17, 15) is 9.90 Å². The summed E-state index contributed by atoms with van der Waals surface area (Å²) < 4.78 is 7.02. The first kappa shape index (κ1) is 21.3. The van der Waals surface area contributed by atoms with E-state index in [0.717, 1.165) is 29.7 Å². The van der Waals surface area contributed by atoms with Crippen LogP contribution in [-0.4, -0.2) is 48.7 Å². The van der Waals surface area contributed by atoms with Gasteiger partial charge in [0.2, 0.25) is 0 Å². The molecule has 0 aliphatic heterocycles. The Labute approximate surface area is 194 Å². The van der Waals surface area contributed by atoms with Crippen molar-refractivity contribution in [3.8, 4) is 0 Å². The lowest BCUT2D eigenvalue weighted by molar-refractivity contribution is -0.133. The molecule has 1 aliphatic rings. The van der Waals surface area contributed by atoms with E-state index in [1.165, 1.54) is 18.9 Å². The van der Waals surface area contributed by atoms with Crippen LogP contribution in [0.2, 0.25) is 0 Å². The Morgan fingerprint density at radius 2 is 1.91 bits per heavy atom. The van der Waals surface area contributed by atoms with Crippen molar-refractivity contribution >= 4 is 34.3 Å². The number of nitrogens with one attached hydrogen (secondary N) is 1. The number of hydrogen-bond donors (Lipinski definition) is 2. The molecule has 0 bridgehead atoms. The summed E-state index contributed by atoms with van der Waals surface area (Å²) in [6.45, 7) is 0.653. The molecular weight excluding hydrogens is 438 g/mol. The van der Waals surface area contributed by atoms with Gasteiger partial charge in [-0.15, -0.1) is 10.2 Å². The number of nitrogens with zero attached hydrogens (tertiary/aromatic N) is 4. The van der Waals surface area contributed by atoms with Gasteiger partial charge in [0.15, 0.2) is 5.16 Å². The summed E-state index contributed by atoms with van der Waals surface area (Å²) in [4.78, 5) is 20.0. The molecule has 2 aromatic heterocycles. The van der Waals surface area contributed by atoms with Crippen LogP contribution in [0.1, 0.15) is 36.0 Å². The maximum Gasteiger partial charge on any atom is 0.345 e. The molecule has 0 amide bonds. The first-order valence-electron chi connectivity index (χ1n) is 10.7. The third-order valence-electron chi connectivity index (χ3n) is 5.51. The molecule has 2 heterocycles. The third-order valence-corrected chi connectivity index (χ3v) is 6.49. The number of rotatable bonds is 8. The molecular formula is C24H23N5O3S. The molecule has 168 valence electrons. The van der Waals surface area contributed by atoms with Crippen LogP contribution >= 0.6 is 11.8 Å². The number of esters is 1. The van der Waals surface area contributed by atoms with Crippen molar-refractivity contribution in [3.63, 3.8) is 0 Å². The van der Waals surface area contributed by atoms with Crippen LogP contribution in [0.25, 0.3) is 16.6 Å². The maximum absolute atomic E-state index is 12.5. The Balaban J connectivity index is 1.43. The predicted octanol–water partition coefficient (Wildman–Crippen LogP) is 4.31. The van der Waals surface area contributed by atoms with Gasteiger partial charge in [0.1, 0.15) is 23.0 Å². The molecule has 0 spiro atoms. The van der Waals surface area contributed by atoms with E-state index in [-0.39, 0.29) is 22.9 Å². The number of methoxy groups -OCH3 is 1. The van der Waals surface area contributed by atoms with E-state index >= 15 is 0 Å². The zero-order chi connectivity index (χ0) is 22.8. The lowest BCUT2D eigenvalue weighted by atomic mass is 10.2. The van der Waals surface area contributed by atoms with Gasteiger partial charge in [-0.1, -0.05) is 54.2 Å². The van der Waals surface area contributed by atoms with Gasteiger partial charge >= 0.3 is 5.97 Å². The smallest absolute Gasteiger partial charge is 0.345 e. The second kappa shape index (κ2) is 9.11. The molecule has 2 N–H and O–H groups in total. The van der Waals surface area contributed by atoms with Gasteiger partial charge in [0, 0.05) is 5.92 Å². The Bertz CT molecular complexity index is 1290. The minimum atomic E-state index is -0.656. The largest absolute Gasteiger partial charge is 0.510 e. The normalized spacial score (nSPS) is 14.3. The summed E-state index contributed by atoms with van der Waals surface area (Å²) in [5.41, 5.74) is 2.63. The van der Waals surface area contributed by atoms with Crippen molar-refractivity contribution in [3.05, 3.63) is 77.6 Å². The molecule has 1 saturated carbocycles. The molecule has 0 saturated heterocycles. The van der Waals surface area contributed by atoms with Crippen LogP contribution in [0.3, 0.4) is 0 Å². The Kier molecular flexibility index (Phi) is 5.87. The van der Waals surface area contributed by atoms with E-state index in [1.807, 2.05) is 42.5 Å². The summed E-state index contributed by atoms with van der Waals surface area (Å²) in [6, 6.07) is 17.6. The molecule has 2 aromatic carbocycles. The number of carbonyl (C=O) groups excluding carboxylic acids is 1. The van der Waals surface area contributed by atoms with Gasteiger partial charge < -0.3 is 19.4 Å². The molecule has 1 fully saturated rings. The fourth-order valence-electron chi connectivity index (χ4n) is 3.69. The van der Waals surface area contributed by atoms with Gasteiger partial charge in [0.05, 0.1) is 30.4 Å². The number of aliphatic hydroxyl groups is 1. The van der Waals surface area contributed by atoms with E-state index in [0.29, 0.717) is 23.1 Å². The number of H-pyrrole nitrogens is 1. The average Bonchev–Trinajstić information content (AvgIpc) is 3.47. The van der Waals surface area contributed by atoms with Crippen LogP contribution in [0, 0.1) is 0 Å². The van der Waals surface area contributed by atoms with Crippen LogP contribution in [0.4, 0.5) is 0 Å². The van der Waals surface area contributed by atoms with E-state index < -0.39 is 5.97 Å². The monoisotopic (exact) mass is 461 g/mol. The summed E-state index contributed by atoms with van der Waals surface area (Å²) in [6.07, 6.45) is 2.22. The highest BCUT2D eigenvalue weighted by Gasteiger charge is 2.31. The number of imidazole rings is 1. The van der Waals surface area contributed by atoms with Crippen molar-refractivity contribution in [1.82, 2.24) is 24.7 Å². The molecule has 0 unspecified atom stereocenters. The summed E-state index contributed by atoms with van der Waals surface area (Å²) in [7, 11) is 1.28. The standard InChI is InChI=1S/C24H23N5O3S/c1-32-23(31)20(21-25-17-9-5-6-10-18(17)26-21)19(30)14-33-24-28-27-22(16-11-12-16)29(24)13-15-7-3-2-4-8-15/h2-10,16,30H,11-14H2,1H3,(H,25,26)/b20-19+. The first-order chi connectivity index (χ1) is 16.1. The zero-order valence-electron chi connectivity index (χ0n) is 18.1. The third kappa shape index (κ3) is 4.49. The van der Waals surface area contributed by atoms with E-state index in [4.69, 9.17) is 4.74 Å². The van der Waals surface area contributed by atoms with Crippen LogP contribution < -0.4 is 0 Å². The van der Waals surface area contributed by atoms with Crippen LogP contribution in [-0.2, 0) is 16.1 Å². The van der Waals surface area contributed by atoms with Crippen molar-refractivity contribution < 1.29 is 14.6 Å². The number of ether oxygens (including phenoxy) is 1. The Morgan fingerprint density at radius 3 is 2.64 bits per heavy atom. The van der Waals surface area contributed by atoms with Gasteiger partial charge in [-0.05, 0) is 30.5 Å². The number of para-hydroxylation sites is 2. The number of fused-ring (bicyclic) bond motifs is 1. The van der Waals surface area contributed by atoms with Crippen molar-refractivity contribution in [2.45, 2.75) is 30.5 Å². The van der Waals surface area contributed by atoms with Gasteiger partial charge in [-0.25, -0.2) is 9.78 Å². The maximum atomic E-state index is 12.5. The SMILES string of the molecule is COC(=O)/C(=C(/O)CSc1nnc(C2CC2)n1Cc1ccccc1)c1nc2ccccc2[nH]1. The number of aromatic amines is 1. The van der Waals surface area contributed by atoms with E-state index in [1.54, 1.807) is 0 Å². The number of aromatic nitrogens is 5. The number of carbonyl (C=O) groups is 1. The number of thioether (sulfide) groups is 1. The van der Waals surface area contributed by atoms with Gasteiger partial charge in [0.25, 0.3) is 0 Å². The molecule has 0 radical (unpaired) electrons. The minimum Gasteiger partial charge on any atom is -0.510 e. The molecule has 8 nitrogen and oxygen atoms in total. The summed E-state index contributed by atoms with van der Waals surface area (Å²) in [5.74, 6) is 1.01. The highest BCUT2D eigenvalue weighted by Crippen LogP contribution is 2.40. The van der Waals surface area contributed by atoms with Crippen molar-refractivity contribution in [1.29, 1.82) is 0 Å². The van der Waals surface area contributed by atoms with Crippen LogP contribution in [0.5, 0.6) is 0 Å². The fraction of sp³-hybridized carbons (Fsp3) is 0.250. The highest BCUT2D eigenvalue weighted by molar-refractivity contribution is 7.99. The topological polar surface area (TPSA) is 106 Å². The second-order valence-corrected chi connectivity index (χ2v) is 8.83. The quantitative estimate of drug-likeness (QED) is 0.174. The molecule has 1 aliphatic carbocycles. The summed E-state index contributed by atoms with van der Waals surface area (Å²) in [5, 5.41) is 20.4. The molecule has 0 atom stereocenters. The lowest BCUT2D eigenvalue weighted by Gasteiger charge is -2.11. The van der Waals surface area contributed by atoms with Gasteiger partial charge in [-0.3, -0.25) is 0 Å². The van der Waals surface area contributed by atoms with Gasteiger partial charge in [-0.2, -0.15) is 0 Å². The number of hydrogen-bond acceptors (Lipinski definition) is 7.